The third-order valence-corrected chi connectivity index (χ3v) is 2.33. The van der Waals surface area contributed by atoms with Crippen LogP contribution in [0.5, 0.6) is 0 Å². The molecule has 0 bridgehead atoms. The van der Waals surface area contributed by atoms with Crippen LogP contribution in [-0.2, 0) is 0 Å². The number of hydrogen-bond donors (Lipinski definition) is 2. The van der Waals surface area contributed by atoms with Crippen LogP contribution in [0.3, 0.4) is 0 Å². The molecule has 1 aromatic carbocycles. The zero-order valence-corrected chi connectivity index (χ0v) is 8.46. The number of para-hydroxylation sites is 2. The summed E-state index contributed by atoms with van der Waals surface area (Å²) in [6.07, 6.45) is 4.14. The Bertz CT molecular complexity index is 364. The maximum Gasteiger partial charge on any atom is 0.0624 e. The van der Waals surface area contributed by atoms with Gasteiger partial charge in [0.15, 0.2) is 0 Å². The highest BCUT2D eigenvalue weighted by Gasteiger charge is 2.13. The first kappa shape index (κ1) is 8.88. The Hall–Kier alpha value is -1.70. The van der Waals surface area contributed by atoms with Gasteiger partial charge in [-0.15, -0.1) is 0 Å². The number of allylic oxidation sites excluding steroid dienone is 2. The summed E-state index contributed by atoms with van der Waals surface area (Å²) < 4.78 is 0. The van der Waals surface area contributed by atoms with Crippen LogP contribution < -0.4 is 10.6 Å². The second-order valence-electron chi connectivity index (χ2n) is 3.20. The molecule has 0 radical (unpaired) electrons. The van der Waals surface area contributed by atoms with Gasteiger partial charge in [0, 0.05) is 0 Å². The Balaban J connectivity index is 2.45. The number of fused-ring (bicyclic) bond motifs is 1. The minimum Gasteiger partial charge on any atom is -0.352 e. The van der Waals surface area contributed by atoms with Crippen molar-refractivity contribution in [1.82, 2.24) is 0 Å². The van der Waals surface area contributed by atoms with Gasteiger partial charge in [0.05, 0.1) is 22.8 Å². The minimum absolute atomic E-state index is 1.13. The predicted octanol–water partition coefficient (Wildman–Crippen LogP) is 3.33. The van der Waals surface area contributed by atoms with Gasteiger partial charge in [0.25, 0.3) is 0 Å². The van der Waals surface area contributed by atoms with Gasteiger partial charge < -0.3 is 10.6 Å². The smallest absolute Gasteiger partial charge is 0.0624 e. The Morgan fingerprint density at radius 2 is 1.29 bits per heavy atom. The maximum absolute atomic E-state index is 3.38. The van der Waals surface area contributed by atoms with Crippen molar-refractivity contribution >= 4 is 11.4 Å². The van der Waals surface area contributed by atoms with Gasteiger partial charge in [-0.1, -0.05) is 24.3 Å². The normalized spacial score (nSPS) is 20.1. The zero-order chi connectivity index (χ0) is 9.97. The summed E-state index contributed by atoms with van der Waals surface area (Å²) in [6, 6.07) is 8.19. The molecule has 0 fully saturated rings. The van der Waals surface area contributed by atoms with E-state index in [1.165, 1.54) is 0 Å². The van der Waals surface area contributed by atoms with Crippen LogP contribution in [0.4, 0.5) is 11.4 Å². The molecule has 1 heterocycles. The molecule has 1 aromatic rings. The molecular weight excluding hydrogens is 172 g/mol. The highest BCUT2D eigenvalue weighted by atomic mass is 15.1. The van der Waals surface area contributed by atoms with Crippen LogP contribution in [0.1, 0.15) is 13.8 Å². The molecule has 0 atom stereocenters. The molecule has 0 amide bonds. The van der Waals surface area contributed by atoms with Crippen molar-refractivity contribution in [2.45, 2.75) is 13.8 Å². The first-order chi connectivity index (χ1) is 6.85. The number of benzene rings is 1. The summed E-state index contributed by atoms with van der Waals surface area (Å²) in [5.41, 5.74) is 4.52. The lowest BCUT2D eigenvalue weighted by molar-refractivity contribution is 1.26. The molecule has 0 aromatic heterocycles. The standard InChI is InChI=1S/C12H14N2/c1-3-9-10(4-2)14-12-8-6-5-7-11(12)13-9/h3-8,13-14H,1-2H3/b9-3+,10-4+. The van der Waals surface area contributed by atoms with Crippen molar-refractivity contribution in [3.63, 3.8) is 0 Å². The van der Waals surface area contributed by atoms with E-state index in [0.29, 0.717) is 0 Å². The van der Waals surface area contributed by atoms with E-state index < -0.39 is 0 Å². The molecule has 1 aliphatic rings. The highest BCUT2D eigenvalue weighted by Crippen LogP contribution is 2.31. The van der Waals surface area contributed by atoms with Crippen LogP contribution in [0.25, 0.3) is 0 Å². The van der Waals surface area contributed by atoms with Gasteiger partial charge in [-0.25, -0.2) is 0 Å². The van der Waals surface area contributed by atoms with Crippen molar-refractivity contribution in [2.24, 2.45) is 0 Å². The van der Waals surface area contributed by atoms with Crippen molar-refractivity contribution in [3.05, 3.63) is 47.8 Å². The van der Waals surface area contributed by atoms with Crippen molar-refractivity contribution < 1.29 is 0 Å². The summed E-state index contributed by atoms with van der Waals surface area (Å²) in [5.74, 6) is 0. The van der Waals surface area contributed by atoms with Crippen molar-refractivity contribution in [1.29, 1.82) is 0 Å². The number of rotatable bonds is 0. The first-order valence-corrected chi connectivity index (χ1v) is 4.81. The third kappa shape index (κ3) is 1.39. The van der Waals surface area contributed by atoms with Crippen LogP contribution in [0.2, 0.25) is 0 Å². The number of hydrogen-bond acceptors (Lipinski definition) is 2. The van der Waals surface area contributed by atoms with E-state index >= 15 is 0 Å². The molecule has 0 saturated heterocycles. The fourth-order valence-electron chi connectivity index (χ4n) is 1.58. The van der Waals surface area contributed by atoms with Gasteiger partial charge in [-0.2, -0.15) is 0 Å². The molecule has 2 rings (SSSR count). The predicted molar refractivity (Wildman–Crippen MR) is 61.2 cm³/mol. The van der Waals surface area contributed by atoms with Gasteiger partial charge in [-0.3, -0.25) is 0 Å². The fraction of sp³-hybridized carbons (Fsp3) is 0.167. The van der Waals surface area contributed by atoms with Crippen LogP contribution in [0.15, 0.2) is 47.8 Å². The SMILES string of the molecule is C/C=C1/Nc2ccccc2N/C1=C/C. The Labute approximate surface area is 84.3 Å². The second kappa shape index (κ2) is 3.58. The third-order valence-electron chi connectivity index (χ3n) is 2.33. The summed E-state index contributed by atoms with van der Waals surface area (Å²) in [4.78, 5) is 0. The van der Waals surface area contributed by atoms with E-state index in [0.717, 1.165) is 22.8 Å². The van der Waals surface area contributed by atoms with Gasteiger partial charge >= 0.3 is 0 Å². The van der Waals surface area contributed by atoms with Crippen LogP contribution in [0, 0.1) is 0 Å². The molecular formula is C12H14N2. The molecule has 2 N–H and O–H groups in total. The fourth-order valence-corrected chi connectivity index (χ4v) is 1.58. The van der Waals surface area contributed by atoms with E-state index in [-0.39, 0.29) is 0 Å². The van der Waals surface area contributed by atoms with E-state index in [9.17, 15) is 0 Å². The highest BCUT2D eigenvalue weighted by molar-refractivity contribution is 5.78. The van der Waals surface area contributed by atoms with Crippen molar-refractivity contribution in [3.8, 4) is 0 Å². The largest absolute Gasteiger partial charge is 0.352 e. The second-order valence-corrected chi connectivity index (χ2v) is 3.20. The lowest BCUT2D eigenvalue weighted by Crippen LogP contribution is -2.16. The Morgan fingerprint density at radius 1 is 0.857 bits per heavy atom. The summed E-state index contributed by atoms with van der Waals surface area (Å²) in [5, 5.41) is 6.76. The molecule has 2 nitrogen and oxygen atoms in total. The van der Waals surface area contributed by atoms with Gasteiger partial charge in [-0.05, 0) is 26.0 Å². The van der Waals surface area contributed by atoms with E-state index in [1.807, 2.05) is 26.0 Å². The van der Waals surface area contributed by atoms with Gasteiger partial charge in [0.2, 0.25) is 0 Å². The lowest BCUT2D eigenvalue weighted by Gasteiger charge is -2.24. The molecule has 0 unspecified atom stereocenters. The molecule has 72 valence electrons. The molecule has 0 saturated carbocycles. The van der Waals surface area contributed by atoms with Crippen LogP contribution >= 0.6 is 0 Å². The first-order valence-electron chi connectivity index (χ1n) is 4.81. The molecule has 1 aliphatic heterocycles. The molecule has 0 spiro atoms. The topological polar surface area (TPSA) is 24.1 Å². The Kier molecular flexibility index (Phi) is 2.27. The van der Waals surface area contributed by atoms with E-state index in [2.05, 4.69) is 34.9 Å². The minimum atomic E-state index is 1.13. The summed E-state index contributed by atoms with van der Waals surface area (Å²) >= 11 is 0. The Morgan fingerprint density at radius 3 is 1.64 bits per heavy atom. The van der Waals surface area contributed by atoms with Gasteiger partial charge in [0.1, 0.15) is 0 Å². The molecule has 0 aliphatic carbocycles. The average molecular weight is 186 g/mol. The zero-order valence-electron chi connectivity index (χ0n) is 8.46. The lowest BCUT2D eigenvalue weighted by atomic mass is 10.1. The summed E-state index contributed by atoms with van der Waals surface area (Å²) in [7, 11) is 0. The van der Waals surface area contributed by atoms with E-state index in [4.69, 9.17) is 0 Å². The molecule has 14 heavy (non-hydrogen) atoms. The monoisotopic (exact) mass is 186 g/mol. The number of anilines is 2. The van der Waals surface area contributed by atoms with E-state index in [1.54, 1.807) is 0 Å². The quantitative estimate of drug-likeness (QED) is 0.649. The average Bonchev–Trinajstić information content (AvgIpc) is 2.27. The van der Waals surface area contributed by atoms with Crippen molar-refractivity contribution in [2.75, 3.05) is 10.6 Å². The summed E-state index contributed by atoms with van der Waals surface area (Å²) in [6.45, 7) is 4.06. The number of nitrogens with one attached hydrogen (secondary N) is 2. The maximum atomic E-state index is 3.38. The molecule has 2 heteroatoms. The van der Waals surface area contributed by atoms with Crippen LogP contribution in [-0.4, -0.2) is 0 Å².